The van der Waals surface area contributed by atoms with Crippen LogP contribution >= 0.6 is 0 Å². The second kappa shape index (κ2) is 22.8. The molecule has 19 heteroatoms. The van der Waals surface area contributed by atoms with E-state index < -0.39 is 65.9 Å². The first-order valence-electron chi connectivity index (χ1n) is 19.5. The number of aromatic hydroxyl groups is 2. The quantitative estimate of drug-likeness (QED) is 0.0606. The maximum Gasteiger partial charge on any atom is 0.258 e. The summed E-state index contributed by atoms with van der Waals surface area (Å²) in [4.78, 5) is 93.0. The monoisotopic (exact) mass is 810 g/mol. The van der Waals surface area contributed by atoms with Crippen LogP contribution in [-0.4, -0.2) is 101 Å². The number of nitrogens with one attached hydrogen (secondary N) is 5. The highest BCUT2D eigenvalue weighted by Gasteiger charge is 2.36. The molecule has 3 rings (SSSR count). The van der Waals surface area contributed by atoms with Gasteiger partial charge in [0.25, 0.3) is 11.8 Å². The van der Waals surface area contributed by atoms with Crippen molar-refractivity contribution in [2.24, 2.45) is 22.9 Å². The van der Waals surface area contributed by atoms with Gasteiger partial charge in [-0.3, -0.25) is 33.6 Å². The zero-order valence-corrected chi connectivity index (χ0v) is 33.1. The normalized spacial score (nSPS) is 17.7. The predicted molar refractivity (Wildman–Crippen MR) is 214 cm³/mol. The number of unbranched alkanes of at least 4 members (excludes halogenated alkanes) is 5. The van der Waals surface area contributed by atoms with Gasteiger partial charge in [0, 0.05) is 44.0 Å². The van der Waals surface area contributed by atoms with Crippen molar-refractivity contribution in [2.45, 2.75) is 108 Å². The van der Waals surface area contributed by atoms with E-state index >= 15 is 0 Å². The molecule has 4 bridgehead atoms. The van der Waals surface area contributed by atoms with Crippen LogP contribution in [0.15, 0.2) is 36.4 Å². The van der Waals surface area contributed by atoms with E-state index in [1.807, 2.05) is 0 Å². The highest BCUT2D eigenvalue weighted by Crippen LogP contribution is 2.38. The molecule has 58 heavy (non-hydrogen) atoms. The molecule has 5 unspecified atom stereocenters. The third kappa shape index (κ3) is 13.7. The van der Waals surface area contributed by atoms with E-state index in [1.54, 1.807) is 0 Å². The summed E-state index contributed by atoms with van der Waals surface area (Å²) in [5, 5.41) is 34.4. The molecule has 19 nitrogen and oxygen atoms in total. The highest BCUT2D eigenvalue weighted by atomic mass is 16.3. The van der Waals surface area contributed by atoms with E-state index in [9.17, 15) is 43.8 Å². The van der Waals surface area contributed by atoms with Crippen LogP contribution in [0.4, 0.5) is 0 Å². The Kier molecular flexibility index (Phi) is 18.3. The second-order valence-electron chi connectivity index (χ2n) is 14.3. The Labute approximate surface area is 337 Å². The molecule has 0 spiro atoms. The van der Waals surface area contributed by atoms with Gasteiger partial charge in [0.2, 0.25) is 29.5 Å². The van der Waals surface area contributed by atoms with Crippen molar-refractivity contribution in [1.29, 1.82) is 0 Å². The summed E-state index contributed by atoms with van der Waals surface area (Å²) in [5.74, 6) is -5.93. The number of carbonyl (C=O) groups excluding carboxylic acids is 7. The molecule has 0 radical (unpaired) electrons. The fourth-order valence-corrected chi connectivity index (χ4v) is 6.43. The van der Waals surface area contributed by atoms with Crippen LogP contribution < -0.4 is 49.5 Å². The van der Waals surface area contributed by atoms with Crippen molar-refractivity contribution in [3.05, 3.63) is 47.5 Å². The summed E-state index contributed by atoms with van der Waals surface area (Å²) in [6.45, 7) is 2.48. The number of rotatable bonds is 19. The first kappa shape index (κ1) is 46.6. The molecule has 2 aromatic rings. The zero-order valence-electron chi connectivity index (χ0n) is 33.1. The first-order valence-corrected chi connectivity index (χ1v) is 19.5. The van der Waals surface area contributed by atoms with Gasteiger partial charge in [-0.05, 0) is 67.6 Å². The molecule has 0 fully saturated rings. The molecule has 1 aliphatic rings. The zero-order chi connectivity index (χ0) is 42.9. The summed E-state index contributed by atoms with van der Waals surface area (Å²) in [6.07, 6.45) is 2.68. The molecule has 318 valence electrons. The minimum absolute atomic E-state index is 0.0495. The Morgan fingerprint density at radius 2 is 1.53 bits per heavy atom. The van der Waals surface area contributed by atoms with Crippen molar-refractivity contribution >= 4 is 41.4 Å². The second-order valence-corrected chi connectivity index (χ2v) is 14.3. The highest BCUT2D eigenvalue weighted by molar-refractivity contribution is 5.97. The lowest BCUT2D eigenvalue weighted by Crippen LogP contribution is -2.61. The predicted octanol–water partition coefficient (Wildman–Crippen LogP) is -0.927. The molecule has 1 aliphatic heterocycles. The molecular formula is C39H58N10O9. The number of phenolic OH excluding ortho intramolecular Hbond substituents is 2. The van der Waals surface area contributed by atoms with Crippen LogP contribution in [0.5, 0.6) is 11.5 Å². The number of nitrogens with zero attached hydrogens (tertiary/aromatic N) is 1. The molecule has 0 saturated heterocycles. The number of nitrogens with two attached hydrogens (primary N) is 4. The molecule has 0 aliphatic carbocycles. The molecule has 0 saturated carbocycles. The maximum absolute atomic E-state index is 14.3. The van der Waals surface area contributed by atoms with Gasteiger partial charge in [-0.15, -0.1) is 0 Å². The van der Waals surface area contributed by atoms with Crippen LogP contribution in [0.2, 0.25) is 0 Å². The third-order valence-corrected chi connectivity index (χ3v) is 9.69. The molecule has 1 heterocycles. The van der Waals surface area contributed by atoms with Crippen LogP contribution in [0.3, 0.4) is 0 Å². The SMILES string of the molecule is CCCCCCCC(=O)NCCC(=O)NC(CCCCN)C(=O)N(C)C1C(=O)NC(N)C(=O)NC(C(=O)NC(N)C(N)=O)Cc2ccc(O)c(c2)-c2cc1ccc2O. The molecule has 0 aromatic heterocycles. The van der Waals surface area contributed by atoms with E-state index in [2.05, 4.69) is 33.5 Å². The first-order chi connectivity index (χ1) is 27.6. The van der Waals surface area contributed by atoms with Crippen LogP contribution in [0.25, 0.3) is 11.1 Å². The number of phenols is 2. The van der Waals surface area contributed by atoms with E-state index in [-0.39, 0.29) is 59.9 Å². The number of benzene rings is 2. The number of likely N-dealkylation sites (N-methyl/N-ethyl adjacent to an activating group) is 1. The fourth-order valence-electron chi connectivity index (χ4n) is 6.43. The molecule has 5 atom stereocenters. The van der Waals surface area contributed by atoms with Crippen molar-refractivity contribution in [2.75, 3.05) is 20.1 Å². The minimum Gasteiger partial charge on any atom is -0.507 e. The van der Waals surface area contributed by atoms with Gasteiger partial charge < -0.3 is 64.6 Å². The lowest BCUT2D eigenvalue weighted by atomic mass is 9.93. The van der Waals surface area contributed by atoms with E-state index in [1.165, 1.54) is 43.4 Å². The van der Waals surface area contributed by atoms with Gasteiger partial charge >= 0.3 is 0 Å². The Balaban J connectivity index is 1.95. The van der Waals surface area contributed by atoms with Gasteiger partial charge in [-0.25, -0.2) is 0 Å². The third-order valence-electron chi connectivity index (χ3n) is 9.69. The summed E-state index contributed by atoms with van der Waals surface area (Å²) in [7, 11) is 1.32. The average molecular weight is 811 g/mol. The van der Waals surface area contributed by atoms with Crippen molar-refractivity contribution in [1.82, 2.24) is 31.5 Å². The number of fused-ring (bicyclic) bond motifs is 5. The number of hydrogen-bond donors (Lipinski definition) is 11. The van der Waals surface area contributed by atoms with Crippen molar-refractivity contribution < 1.29 is 43.8 Å². The summed E-state index contributed by atoms with van der Waals surface area (Å²) >= 11 is 0. The summed E-state index contributed by atoms with van der Waals surface area (Å²) < 4.78 is 0. The molecule has 7 amide bonds. The Morgan fingerprint density at radius 1 is 0.862 bits per heavy atom. The fraction of sp³-hybridized carbons (Fsp3) is 0.513. The van der Waals surface area contributed by atoms with Crippen LogP contribution in [0, 0.1) is 0 Å². The standard InChI is InChI=1S/C39H58N10O9/c1-3-4-5-6-7-11-30(52)44-18-16-31(53)45-26(10-8-9-17-40)39(58)49(2)32-23-13-15-29(51)25(21-23)24-19-22(12-14-28(24)50)20-27(36(55)47-33(41)35(43)54)46-38(57)34(42)48-37(32)56/h12-15,19,21,26-27,32-34,50-51H,3-11,16-18,20,40-42H2,1-2H3,(H2,43,54)(H,44,52)(H,45,53)(H,46,57)(H,47,55)(H,48,56). The Bertz CT molecular complexity index is 1790. The van der Waals surface area contributed by atoms with Crippen molar-refractivity contribution in [3.8, 4) is 22.6 Å². The number of primary amides is 1. The van der Waals surface area contributed by atoms with Gasteiger partial charge in [-0.2, -0.15) is 0 Å². The smallest absolute Gasteiger partial charge is 0.258 e. The number of hydrogen-bond acceptors (Lipinski definition) is 12. The van der Waals surface area contributed by atoms with Gasteiger partial charge in [0.05, 0.1) is 0 Å². The molecule has 15 N–H and O–H groups in total. The average Bonchev–Trinajstić information content (AvgIpc) is 3.17. The largest absolute Gasteiger partial charge is 0.507 e. The lowest BCUT2D eigenvalue weighted by Gasteiger charge is -2.32. The summed E-state index contributed by atoms with van der Waals surface area (Å²) in [5.41, 5.74) is 23.3. The molecular weight excluding hydrogens is 752 g/mol. The van der Waals surface area contributed by atoms with E-state index in [0.717, 1.165) is 37.0 Å². The van der Waals surface area contributed by atoms with Crippen molar-refractivity contribution in [3.63, 3.8) is 0 Å². The number of carbonyl (C=O) groups is 7. The molecule has 2 aromatic carbocycles. The van der Waals surface area contributed by atoms with Gasteiger partial charge in [-0.1, -0.05) is 44.7 Å². The van der Waals surface area contributed by atoms with E-state index in [4.69, 9.17) is 22.9 Å². The lowest BCUT2D eigenvalue weighted by molar-refractivity contribution is -0.143. The topological polar surface area (TPSA) is 327 Å². The van der Waals surface area contributed by atoms with Crippen LogP contribution in [0.1, 0.15) is 88.3 Å². The Hall–Kier alpha value is -5.79. The maximum atomic E-state index is 14.3. The minimum atomic E-state index is -1.78. The number of amides is 7. The van der Waals surface area contributed by atoms with Gasteiger partial charge in [0.15, 0.2) is 12.3 Å². The van der Waals surface area contributed by atoms with Gasteiger partial charge in [0.1, 0.15) is 29.6 Å². The summed E-state index contributed by atoms with van der Waals surface area (Å²) in [6, 6.07) is 4.13. The van der Waals surface area contributed by atoms with Crippen LogP contribution in [-0.2, 0) is 40.0 Å². The van der Waals surface area contributed by atoms with E-state index in [0.29, 0.717) is 31.4 Å². The Morgan fingerprint density at radius 3 is 2.21 bits per heavy atom.